The lowest BCUT2D eigenvalue weighted by atomic mass is 10.2. The maximum absolute atomic E-state index is 12.9. The van der Waals surface area contributed by atoms with Crippen LogP contribution in [0.15, 0.2) is 66.7 Å². The van der Waals surface area contributed by atoms with Crippen molar-refractivity contribution in [3.05, 3.63) is 94.3 Å². The van der Waals surface area contributed by atoms with Crippen LogP contribution in [0.3, 0.4) is 0 Å². The quantitative estimate of drug-likeness (QED) is 0.587. The van der Waals surface area contributed by atoms with E-state index >= 15 is 0 Å². The lowest BCUT2D eigenvalue weighted by molar-refractivity contribution is 0.306. The van der Waals surface area contributed by atoms with Crippen LogP contribution in [0.2, 0.25) is 5.02 Å². The van der Waals surface area contributed by atoms with E-state index in [1.54, 1.807) is 12.1 Å². The monoisotopic (exact) mass is 355 g/mol. The highest BCUT2D eigenvalue weighted by atomic mass is 35.5. The van der Waals surface area contributed by atoms with Gasteiger partial charge in [-0.25, -0.2) is 4.39 Å². The largest absolute Gasteiger partial charge is 0.487 e. The lowest BCUT2D eigenvalue weighted by Crippen LogP contribution is -2.00. The molecule has 4 heteroatoms. The van der Waals surface area contributed by atoms with Crippen LogP contribution in [0.5, 0.6) is 5.75 Å². The van der Waals surface area contributed by atoms with E-state index in [1.807, 2.05) is 30.3 Å². The van der Waals surface area contributed by atoms with E-state index in [2.05, 4.69) is 24.4 Å². The van der Waals surface area contributed by atoms with E-state index in [0.29, 0.717) is 23.9 Å². The van der Waals surface area contributed by atoms with E-state index < -0.39 is 0 Å². The Kier molecular flexibility index (Phi) is 5.56. The van der Waals surface area contributed by atoms with Gasteiger partial charge in [0.05, 0.1) is 5.02 Å². The lowest BCUT2D eigenvalue weighted by Gasteiger charge is -2.11. The highest BCUT2D eigenvalue weighted by Gasteiger charge is 2.04. The Morgan fingerprint density at radius 2 is 1.72 bits per heavy atom. The molecular formula is C21H19ClFNO. The molecule has 0 aliphatic heterocycles. The van der Waals surface area contributed by atoms with Gasteiger partial charge in [0, 0.05) is 12.2 Å². The van der Waals surface area contributed by atoms with Crippen molar-refractivity contribution in [3.63, 3.8) is 0 Å². The number of nitrogens with one attached hydrogen (secondary N) is 1. The minimum Gasteiger partial charge on any atom is -0.487 e. The van der Waals surface area contributed by atoms with Crippen LogP contribution >= 0.6 is 11.6 Å². The fourth-order valence-electron chi connectivity index (χ4n) is 2.47. The zero-order chi connectivity index (χ0) is 17.6. The first-order chi connectivity index (χ1) is 12.1. The molecular weight excluding hydrogens is 337 g/mol. The van der Waals surface area contributed by atoms with Gasteiger partial charge in [-0.3, -0.25) is 0 Å². The molecule has 3 aromatic carbocycles. The van der Waals surface area contributed by atoms with Crippen LogP contribution < -0.4 is 10.1 Å². The molecule has 25 heavy (non-hydrogen) atoms. The van der Waals surface area contributed by atoms with Crippen molar-refractivity contribution in [1.82, 2.24) is 0 Å². The third kappa shape index (κ3) is 4.97. The van der Waals surface area contributed by atoms with Crippen molar-refractivity contribution in [1.29, 1.82) is 0 Å². The number of rotatable bonds is 6. The zero-order valence-electron chi connectivity index (χ0n) is 13.9. The molecule has 0 saturated carbocycles. The summed E-state index contributed by atoms with van der Waals surface area (Å²) in [6.45, 7) is 3.09. The fourth-order valence-corrected chi connectivity index (χ4v) is 2.73. The average molecular weight is 356 g/mol. The molecule has 0 spiro atoms. The summed E-state index contributed by atoms with van der Waals surface area (Å²) in [4.78, 5) is 0. The van der Waals surface area contributed by atoms with E-state index in [4.69, 9.17) is 16.3 Å². The van der Waals surface area contributed by atoms with Gasteiger partial charge < -0.3 is 10.1 Å². The summed E-state index contributed by atoms with van der Waals surface area (Å²) in [7, 11) is 0. The SMILES string of the molecule is Cc1cccc(NCc2ccc(OCc3ccc(F)cc3)c(Cl)c2)c1. The number of hydrogen-bond donors (Lipinski definition) is 1. The first-order valence-electron chi connectivity index (χ1n) is 8.06. The predicted molar refractivity (Wildman–Crippen MR) is 101 cm³/mol. The van der Waals surface area contributed by atoms with Crippen LogP contribution in [0.25, 0.3) is 0 Å². The second-order valence-corrected chi connectivity index (χ2v) is 6.31. The minimum atomic E-state index is -0.257. The first kappa shape index (κ1) is 17.3. The number of halogens is 2. The van der Waals surface area contributed by atoms with Crippen LogP contribution in [-0.2, 0) is 13.2 Å². The second-order valence-electron chi connectivity index (χ2n) is 5.90. The normalized spacial score (nSPS) is 10.5. The van der Waals surface area contributed by atoms with Gasteiger partial charge in [0.25, 0.3) is 0 Å². The molecule has 0 aliphatic rings. The van der Waals surface area contributed by atoms with Gasteiger partial charge in [0.1, 0.15) is 18.2 Å². The Bertz CT molecular complexity index is 849. The molecule has 0 saturated heterocycles. The molecule has 0 aromatic heterocycles. The van der Waals surface area contributed by atoms with Crippen LogP contribution in [0, 0.1) is 12.7 Å². The van der Waals surface area contributed by atoms with Crippen molar-refractivity contribution in [2.24, 2.45) is 0 Å². The Balaban J connectivity index is 1.59. The maximum atomic E-state index is 12.9. The Morgan fingerprint density at radius 1 is 0.960 bits per heavy atom. The number of ether oxygens (including phenoxy) is 1. The molecule has 3 aromatic rings. The summed E-state index contributed by atoms with van der Waals surface area (Å²) in [6.07, 6.45) is 0. The molecule has 0 atom stereocenters. The van der Waals surface area contributed by atoms with Crippen LogP contribution in [0.4, 0.5) is 10.1 Å². The zero-order valence-corrected chi connectivity index (χ0v) is 14.7. The minimum absolute atomic E-state index is 0.257. The number of aryl methyl sites for hydroxylation is 1. The van der Waals surface area contributed by atoms with Gasteiger partial charge in [0.15, 0.2) is 0 Å². The van der Waals surface area contributed by atoms with Crippen molar-refractivity contribution in [2.75, 3.05) is 5.32 Å². The summed E-state index contributed by atoms with van der Waals surface area (Å²) < 4.78 is 18.6. The molecule has 0 radical (unpaired) electrons. The van der Waals surface area contributed by atoms with Gasteiger partial charge in [0.2, 0.25) is 0 Å². The average Bonchev–Trinajstić information content (AvgIpc) is 2.61. The summed E-state index contributed by atoms with van der Waals surface area (Å²) in [6, 6.07) is 20.2. The molecule has 1 N–H and O–H groups in total. The van der Waals surface area contributed by atoms with Crippen molar-refractivity contribution >= 4 is 17.3 Å². The number of hydrogen-bond acceptors (Lipinski definition) is 2. The summed E-state index contributed by atoms with van der Waals surface area (Å²) >= 11 is 6.32. The highest BCUT2D eigenvalue weighted by Crippen LogP contribution is 2.27. The topological polar surface area (TPSA) is 21.3 Å². The van der Waals surface area contributed by atoms with Gasteiger partial charge in [-0.05, 0) is 60.0 Å². The Morgan fingerprint density at radius 3 is 2.44 bits per heavy atom. The third-order valence-corrected chi connectivity index (χ3v) is 4.11. The van der Waals surface area contributed by atoms with E-state index in [9.17, 15) is 4.39 Å². The smallest absolute Gasteiger partial charge is 0.138 e. The van der Waals surface area contributed by atoms with Crippen LogP contribution in [0.1, 0.15) is 16.7 Å². The van der Waals surface area contributed by atoms with Crippen molar-refractivity contribution in [3.8, 4) is 5.75 Å². The molecule has 0 heterocycles. The maximum Gasteiger partial charge on any atom is 0.138 e. The Labute approximate surface area is 152 Å². The first-order valence-corrected chi connectivity index (χ1v) is 8.44. The highest BCUT2D eigenvalue weighted by molar-refractivity contribution is 6.32. The van der Waals surface area contributed by atoms with E-state index in [1.165, 1.54) is 17.7 Å². The second kappa shape index (κ2) is 8.04. The molecule has 0 unspecified atom stereocenters. The van der Waals surface area contributed by atoms with Gasteiger partial charge in [-0.15, -0.1) is 0 Å². The summed E-state index contributed by atoms with van der Waals surface area (Å²) in [5.74, 6) is 0.359. The molecule has 2 nitrogen and oxygen atoms in total. The number of benzene rings is 3. The third-order valence-electron chi connectivity index (χ3n) is 3.82. The predicted octanol–water partition coefficient (Wildman–Crippen LogP) is 5.98. The Hall–Kier alpha value is -2.52. The van der Waals surface area contributed by atoms with Gasteiger partial charge in [-0.1, -0.05) is 41.9 Å². The molecule has 3 rings (SSSR count). The molecule has 0 bridgehead atoms. The molecule has 0 amide bonds. The van der Waals surface area contributed by atoms with E-state index in [0.717, 1.165) is 16.8 Å². The number of anilines is 1. The van der Waals surface area contributed by atoms with Gasteiger partial charge >= 0.3 is 0 Å². The summed E-state index contributed by atoms with van der Waals surface area (Å²) in [5.41, 5.74) is 4.25. The molecule has 0 fully saturated rings. The van der Waals surface area contributed by atoms with Gasteiger partial charge in [-0.2, -0.15) is 0 Å². The molecule has 128 valence electrons. The van der Waals surface area contributed by atoms with E-state index in [-0.39, 0.29) is 5.82 Å². The standard InChI is InChI=1S/C21H19ClFNO/c1-15-3-2-4-19(11-15)24-13-17-7-10-21(20(22)12-17)25-14-16-5-8-18(23)9-6-16/h2-12,24H,13-14H2,1H3. The van der Waals surface area contributed by atoms with Crippen molar-refractivity contribution < 1.29 is 9.13 Å². The summed E-state index contributed by atoms with van der Waals surface area (Å²) in [5, 5.41) is 3.94. The van der Waals surface area contributed by atoms with Crippen LogP contribution in [-0.4, -0.2) is 0 Å². The fraction of sp³-hybridized carbons (Fsp3) is 0.143. The van der Waals surface area contributed by atoms with Crippen molar-refractivity contribution in [2.45, 2.75) is 20.1 Å². The molecule has 0 aliphatic carbocycles.